The molecule has 0 radical (unpaired) electrons. The Hall–Kier alpha value is -2.50. The molecule has 0 heterocycles. The Balaban J connectivity index is 2.33. The molecule has 2 aromatic carbocycles. The third-order valence-electron chi connectivity index (χ3n) is 2.52. The van der Waals surface area contributed by atoms with E-state index in [1.165, 1.54) is 18.2 Å². The first kappa shape index (κ1) is 13.9. The number of rotatable bonds is 2. The molecule has 3 nitrogen and oxygen atoms in total. The van der Waals surface area contributed by atoms with Gasteiger partial charge >= 0.3 is 12.1 Å². The van der Waals surface area contributed by atoms with Crippen molar-refractivity contribution in [1.82, 2.24) is 0 Å². The van der Waals surface area contributed by atoms with Crippen molar-refractivity contribution in [2.75, 3.05) is 5.73 Å². The predicted octanol–water partition coefficient (Wildman–Crippen LogP) is 3.51. The number of benzene rings is 2. The molecular weight excluding hydrogens is 271 g/mol. The summed E-state index contributed by atoms with van der Waals surface area (Å²) in [5.41, 5.74) is 4.35. The number of alkyl halides is 3. The molecule has 2 rings (SSSR count). The Labute approximate surface area is 112 Å². The fraction of sp³-hybridized carbons (Fsp3) is 0.0714. The molecule has 0 aliphatic rings. The maximum Gasteiger partial charge on any atom is 0.420 e. The number of nitrogens with two attached hydrogens (primary N) is 1. The molecule has 2 N–H and O–H groups in total. The molecule has 0 amide bonds. The van der Waals surface area contributed by atoms with E-state index >= 15 is 0 Å². The Morgan fingerprint density at radius 2 is 1.70 bits per heavy atom. The fourth-order valence-electron chi connectivity index (χ4n) is 1.59. The number of ether oxygens (including phenoxy) is 1. The van der Waals surface area contributed by atoms with E-state index < -0.39 is 23.5 Å². The lowest BCUT2D eigenvalue weighted by Gasteiger charge is -2.13. The van der Waals surface area contributed by atoms with Gasteiger partial charge < -0.3 is 10.5 Å². The summed E-state index contributed by atoms with van der Waals surface area (Å²) in [5, 5.41) is 0. The zero-order valence-electron chi connectivity index (χ0n) is 10.1. The third-order valence-corrected chi connectivity index (χ3v) is 2.52. The molecule has 104 valence electrons. The molecule has 0 saturated heterocycles. The van der Waals surface area contributed by atoms with Crippen molar-refractivity contribution < 1.29 is 22.7 Å². The van der Waals surface area contributed by atoms with Crippen LogP contribution in [0.3, 0.4) is 0 Å². The van der Waals surface area contributed by atoms with Crippen molar-refractivity contribution in [2.24, 2.45) is 0 Å². The maximum absolute atomic E-state index is 12.8. The molecule has 2 aromatic rings. The molecule has 0 aliphatic heterocycles. The number of hydrogen-bond donors (Lipinski definition) is 1. The van der Waals surface area contributed by atoms with Gasteiger partial charge in [-0.15, -0.1) is 0 Å². The minimum Gasteiger partial charge on any atom is -0.422 e. The first-order valence-corrected chi connectivity index (χ1v) is 5.62. The fourth-order valence-corrected chi connectivity index (χ4v) is 1.59. The minimum absolute atomic E-state index is 0.0585. The van der Waals surface area contributed by atoms with Crippen LogP contribution < -0.4 is 10.5 Å². The van der Waals surface area contributed by atoms with E-state index in [0.29, 0.717) is 0 Å². The van der Waals surface area contributed by atoms with Gasteiger partial charge in [0.05, 0.1) is 5.56 Å². The molecule has 0 aromatic heterocycles. The van der Waals surface area contributed by atoms with E-state index in [4.69, 9.17) is 10.5 Å². The summed E-state index contributed by atoms with van der Waals surface area (Å²) in [6, 6.07) is 10.8. The Morgan fingerprint density at radius 1 is 1.05 bits per heavy atom. The summed E-state index contributed by atoms with van der Waals surface area (Å²) in [6.07, 6.45) is -4.65. The third kappa shape index (κ3) is 3.09. The predicted molar refractivity (Wildman–Crippen MR) is 67.3 cm³/mol. The van der Waals surface area contributed by atoms with E-state index in [2.05, 4.69) is 0 Å². The molecule has 0 unspecified atom stereocenters. The summed E-state index contributed by atoms with van der Waals surface area (Å²) < 4.78 is 43.3. The second-order valence-corrected chi connectivity index (χ2v) is 4.01. The van der Waals surface area contributed by atoms with Gasteiger partial charge in [0, 0.05) is 5.69 Å². The van der Waals surface area contributed by atoms with Crippen molar-refractivity contribution >= 4 is 11.7 Å². The highest BCUT2D eigenvalue weighted by atomic mass is 19.4. The number of hydrogen-bond acceptors (Lipinski definition) is 3. The van der Waals surface area contributed by atoms with Gasteiger partial charge in [0.25, 0.3) is 0 Å². The van der Waals surface area contributed by atoms with Crippen LogP contribution in [0, 0.1) is 0 Å². The number of esters is 1. The highest BCUT2D eigenvalue weighted by molar-refractivity contribution is 5.91. The maximum atomic E-state index is 12.8. The van der Waals surface area contributed by atoms with Crippen molar-refractivity contribution in [1.29, 1.82) is 0 Å². The van der Waals surface area contributed by atoms with Crippen LogP contribution in [0.15, 0.2) is 48.5 Å². The van der Waals surface area contributed by atoms with E-state index in [-0.39, 0.29) is 11.3 Å². The number of carbonyl (C=O) groups excluding carboxylic acids is 1. The average molecular weight is 281 g/mol. The van der Waals surface area contributed by atoms with Crippen LogP contribution in [0.4, 0.5) is 18.9 Å². The highest BCUT2D eigenvalue weighted by Gasteiger charge is 2.35. The lowest BCUT2D eigenvalue weighted by atomic mass is 10.1. The van der Waals surface area contributed by atoms with E-state index in [1.54, 1.807) is 18.2 Å². The normalized spacial score (nSPS) is 11.2. The van der Waals surface area contributed by atoms with Gasteiger partial charge in [-0.25, -0.2) is 4.79 Å². The Morgan fingerprint density at radius 3 is 2.30 bits per heavy atom. The molecule has 20 heavy (non-hydrogen) atoms. The number of halogens is 3. The van der Waals surface area contributed by atoms with Gasteiger partial charge in [-0.2, -0.15) is 13.2 Å². The quantitative estimate of drug-likeness (QED) is 0.520. The van der Waals surface area contributed by atoms with Crippen LogP contribution in [0.5, 0.6) is 5.75 Å². The summed E-state index contributed by atoms with van der Waals surface area (Å²) in [7, 11) is 0. The van der Waals surface area contributed by atoms with Crippen LogP contribution in [-0.4, -0.2) is 5.97 Å². The van der Waals surface area contributed by atoms with Crippen LogP contribution in [-0.2, 0) is 6.18 Å². The average Bonchev–Trinajstić information content (AvgIpc) is 2.40. The monoisotopic (exact) mass is 281 g/mol. The number of carbonyl (C=O) groups is 1. The molecular formula is C14H10F3NO2. The lowest BCUT2D eigenvalue weighted by Crippen LogP contribution is -2.14. The van der Waals surface area contributed by atoms with Crippen molar-refractivity contribution in [3.05, 3.63) is 59.7 Å². The first-order chi connectivity index (χ1) is 9.38. The zero-order chi connectivity index (χ0) is 14.8. The van der Waals surface area contributed by atoms with E-state index in [1.807, 2.05) is 0 Å². The second kappa shape index (κ2) is 5.24. The Bertz CT molecular complexity index is 624. The van der Waals surface area contributed by atoms with Gasteiger partial charge in [0.2, 0.25) is 0 Å². The van der Waals surface area contributed by atoms with E-state index in [0.717, 1.165) is 12.1 Å². The van der Waals surface area contributed by atoms with Gasteiger partial charge in [-0.1, -0.05) is 18.2 Å². The minimum atomic E-state index is -4.65. The zero-order valence-corrected chi connectivity index (χ0v) is 10.1. The van der Waals surface area contributed by atoms with Gasteiger partial charge in [0.15, 0.2) is 0 Å². The van der Waals surface area contributed by atoms with Crippen molar-refractivity contribution in [3.8, 4) is 5.75 Å². The molecule has 0 aliphatic carbocycles. The highest BCUT2D eigenvalue weighted by Crippen LogP contribution is 2.37. The molecule has 0 atom stereocenters. The number of nitrogen functional groups attached to an aromatic ring is 1. The van der Waals surface area contributed by atoms with Crippen LogP contribution in [0.2, 0.25) is 0 Å². The summed E-state index contributed by atoms with van der Waals surface area (Å²) >= 11 is 0. The molecule has 6 heteroatoms. The number of anilines is 1. The standard InChI is InChI=1S/C14H10F3NO2/c15-14(16,17)11-8-10(18)6-7-12(11)20-13(19)9-4-2-1-3-5-9/h1-8H,18H2. The van der Waals surface area contributed by atoms with Crippen LogP contribution in [0.25, 0.3) is 0 Å². The smallest absolute Gasteiger partial charge is 0.420 e. The lowest BCUT2D eigenvalue weighted by molar-refractivity contribution is -0.138. The van der Waals surface area contributed by atoms with Crippen LogP contribution in [0.1, 0.15) is 15.9 Å². The first-order valence-electron chi connectivity index (χ1n) is 5.62. The molecule has 0 bridgehead atoms. The van der Waals surface area contributed by atoms with Gasteiger partial charge in [0.1, 0.15) is 11.3 Å². The molecule has 0 saturated carbocycles. The van der Waals surface area contributed by atoms with Gasteiger partial charge in [-0.3, -0.25) is 0 Å². The topological polar surface area (TPSA) is 52.3 Å². The van der Waals surface area contributed by atoms with Crippen LogP contribution >= 0.6 is 0 Å². The van der Waals surface area contributed by atoms with Crippen molar-refractivity contribution in [3.63, 3.8) is 0 Å². The second-order valence-electron chi connectivity index (χ2n) is 4.01. The molecule has 0 spiro atoms. The van der Waals surface area contributed by atoms with E-state index in [9.17, 15) is 18.0 Å². The summed E-state index contributed by atoms with van der Waals surface area (Å²) in [4.78, 5) is 11.8. The Kier molecular flexibility index (Phi) is 3.65. The summed E-state index contributed by atoms with van der Waals surface area (Å²) in [5.74, 6) is -1.43. The van der Waals surface area contributed by atoms with Crippen molar-refractivity contribution in [2.45, 2.75) is 6.18 Å². The SMILES string of the molecule is Nc1ccc(OC(=O)c2ccccc2)c(C(F)(F)F)c1. The van der Waals surface area contributed by atoms with Gasteiger partial charge in [-0.05, 0) is 30.3 Å². The largest absolute Gasteiger partial charge is 0.422 e. The summed E-state index contributed by atoms with van der Waals surface area (Å²) in [6.45, 7) is 0. The molecule has 0 fully saturated rings.